The van der Waals surface area contributed by atoms with Crippen molar-refractivity contribution in [3.63, 3.8) is 0 Å². The van der Waals surface area contributed by atoms with Gasteiger partial charge in [0.2, 0.25) is 0 Å². The van der Waals surface area contributed by atoms with Gasteiger partial charge in [-0.1, -0.05) is 24.9 Å². The van der Waals surface area contributed by atoms with Gasteiger partial charge in [-0.3, -0.25) is 4.68 Å². The highest BCUT2D eigenvalue weighted by molar-refractivity contribution is 7.98. The molecule has 0 aliphatic rings. The molecule has 0 N–H and O–H groups in total. The van der Waals surface area contributed by atoms with E-state index in [1.54, 1.807) is 4.68 Å². The van der Waals surface area contributed by atoms with Gasteiger partial charge in [-0.15, -0.1) is 0 Å². The Morgan fingerprint density at radius 1 is 1.50 bits per heavy atom. The van der Waals surface area contributed by atoms with Gasteiger partial charge >= 0.3 is 0 Å². The minimum Gasteiger partial charge on any atom is -0.257 e. The molecule has 0 saturated carbocycles. The second-order valence-corrected chi connectivity index (χ2v) is 4.85. The Labute approximate surface area is 95.0 Å². The summed E-state index contributed by atoms with van der Waals surface area (Å²) in [5.74, 6) is 2.19. The van der Waals surface area contributed by atoms with Gasteiger partial charge in [-0.25, -0.2) is 0 Å². The molecule has 1 aromatic heterocycles. The Hall–Kier alpha value is -0.150. The standard InChI is InChI=1S/C10H17ClN2S/c1-4-5-6-14-7-9-8(2)12-13(3)10(9)11/h4-7H2,1-3H3. The topological polar surface area (TPSA) is 17.8 Å². The molecule has 0 saturated heterocycles. The quantitative estimate of drug-likeness (QED) is 0.724. The molecular weight excluding hydrogens is 216 g/mol. The number of nitrogens with zero attached hydrogens (tertiary/aromatic N) is 2. The fraction of sp³-hybridized carbons (Fsp3) is 0.700. The first-order valence-corrected chi connectivity index (χ1v) is 6.45. The summed E-state index contributed by atoms with van der Waals surface area (Å²) in [7, 11) is 1.88. The van der Waals surface area contributed by atoms with Gasteiger partial charge in [0.25, 0.3) is 0 Å². The normalized spacial score (nSPS) is 10.9. The monoisotopic (exact) mass is 232 g/mol. The van der Waals surface area contributed by atoms with E-state index in [1.807, 2.05) is 25.7 Å². The first kappa shape index (κ1) is 11.9. The minimum absolute atomic E-state index is 0.784. The highest BCUT2D eigenvalue weighted by Crippen LogP contribution is 2.24. The minimum atomic E-state index is 0.784. The fourth-order valence-electron chi connectivity index (χ4n) is 1.26. The molecule has 0 atom stereocenters. The predicted octanol–water partition coefficient (Wildman–Crippen LogP) is 3.42. The number of hydrogen-bond acceptors (Lipinski definition) is 2. The zero-order valence-corrected chi connectivity index (χ0v) is 10.6. The lowest BCUT2D eigenvalue weighted by molar-refractivity contribution is 0.757. The van der Waals surface area contributed by atoms with Crippen molar-refractivity contribution in [1.82, 2.24) is 9.78 Å². The summed E-state index contributed by atoms with van der Waals surface area (Å²) in [6.07, 6.45) is 2.54. The molecule has 0 aliphatic heterocycles. The van der Waals surface area contributed by atoms with Crippen molar-refractivity contribution in [2.75, 3.05) is 5.75 Å². The van der Waals surface area contributed by atoms with Gasteiger partial charge in [0, 0.05) is 18.4 Å². The summed E-state index contributed by atoms with van der Waals surface area (Å²) < 4.78 is 1.74. The van der Waals surface area contributed by atoms with Crippen molar-refractivity contribution in [3.05, 3.63) is 16.4 Å². The zero-order chi connectivity index (χ0) is 10.6. The second kappa shape index (κ2) is 5.66. The highest BCUT2D eigenvalue weighted by atomic mass is 35.5. The van der Waals surface area contributed by atoms with Crippen molar-refractivity contribution >= 4 is 23.4 Å². The summed E-state index contributed by atoms with van der Waals surface area (Å²) in [4.78, 5) is 0. The van der Waals surface area contributed by atoms with Gasteiger partial charge in [0.05, 0.1) is 5.69 Å². The lowest BCUT2D eigenvalue weighted by Gasteiger charge is -2.00. The predicted molar refractivity (Wildman–Crippen MR) is 64.0 cm³/mol. The molecule has 2 nitrogen and oxygen atoms in total. The van der Waals surface area contributed by atoms with Crippen molar-refractivity contribution in [2.45, 2.75) is 32.4 Å². The van der Waals surface area contributed by atoms with Crippen LogP contribution in [0.15, 0.2) is 0 Å². The Kier molecular flexibility index (Phi) is 4.82. The third kappa shape index (κ3) is 2.92. The number of rotatable bonds is 5. The lowest BCUT2D eigenvalue weighted by Crippen LogP contribution is -1.89. The first-order valence-electron chi connectivity index (χ1n) is 4.92. The Morgan fingerprint density at radius 2 is 2.21 bits per heavy atom. The van der Waals surface area contributed by atoms with E-state index in [0.29, 0.717) is 0 Å². The number of thioether (sulfide) groups is 1. The molecule has 1 aromatic rings. The molecule has 1 rings (SSSR count). The summed E-state index contributed by atoms with van der Waals surface area (Å²) in [5.41, 5.74) is 2.25. The van der Waals surface area contributed by atoms with Crippen molar-refractivity contribution in [1.29, 1.82) is 0 Å². The van der Waals surface area contributed by atoms with Crippen LogP contribution in [0.4, 0.5) is 0 Å². The zero-order valence-electron chi connectivity index (χ0n) is 9.01. The number of halogens is 1. The van der Waals surface area contributed by atoms with Crippen LogP contribution >= 0.6 is 23.4 Å². The average Bonchev–Trinajstić information content (AvgIpc) is 2.38. The Bertz CT molecular complexity index is 297. The summed E-state index contributed by atoms with van der Waals surface area (Å²) in [6, 6.07) is 0. The SMILES string of the molecule is CCCCSCc1c(C)nn(C)c1Cl. The van der Waals surface area contributed by atoms with Crippen LogP contribution in [0.2, 0.25) is 5.15 Å². The Balaban J connectivity index is 2.49. The van der Waals surface area contributed by atoms with E-state index in [4.69, 9.17) is 11.6 Å². The smallest absolute Gasteiger partial charge is 0.131 e. The molecule has 0 radical (unpaired) electrons. The van der Waals surface area contributed by atoms with Crippen LogP contribution in [-0.4, -0.2) is 15.5 Å². The van der Waals surface area contributed by atoms with E-state index in [0.717, 1.165) is 16.6 Å². The lowest BCUT2D eigenvalue weighted by atomic mass is 10.3. The molecule has 0 amide bonds. The molecule has 1 heterocycles. The Morgan fingerprint density at radius 3 is 2.71 bits per heavy atom. The van der Waals surface area contributed by atoms with Gasteiger partial charge < -0.3 is 0 Å². The van der Waals surface area contributed by atoms with Crippen molar-refractivity contribution in [3.8, 4) is 0 Å². The number of hydrogen-bond donors (Lipinski definition) is 0. The first-order chi connectivity index (χ1) is 6.66. The van der Waals surface area contributed by atoms with Crippen molar-refractivity contribution in [2.24, 2.45) is 7.05 Å². The van der Waals surface area contributed by atoms with E-state index in [-0.39, 0.29) is 0 Å². The van der Waals surface area contributed by atoms with Gasteiger partial charge in [0.15, 0.2) is 0 Å². The molecule has 4 heteroatoms. The molecular formula is C10H17ClN2S. The van der Waals surface area contributed by atoms with Crippen molar-refractivity contribution < 1.29 is 0 Å². The van der Waals surface area contributed by atoms with E-state index in [2.05, 4.69) is 12.0 Å². The molecule has 0 fully saturated rings. The van der Waals surface area contributed by atoms with Gasteiger partial charge in [-0.2, -0.15) is 16.9 Å². The highest BCUT2D eigenvalue weighted by Gasteiger charge is 2.10. The molecule has 0 bridgehead atoms. The third-order valence-electron chi connectivity index (χ3n) is 2.16. The summed E-state index contributed by atoms with van der Waals surface area (Å²) in [5, 5.41) is 5.06. The van der Waals surface area contributed by atoms with Gasteiger partial charge in [0.1, 0.15) is 5.15 Å². The van der Waals surface area contributed by atoms with Crippen LogP contribution in [0, 0.1) is 6.92 Å². The van der Waals surface area contributed by atoms with E-state index in [9.17, 15) is 0 Å². The fourth-order valence-corrected chi connectivity index (χ4v) is 2.77. The molecule has 0 aliphatic carbocycles. The maximum Gasteiger partial charge on any atom is 0.131 e. The largest absolute Gasteiger partial charge is 0.257 e. The van der Waals surface area contributed by atoms with Crippen LogP contribution in [0.1, 0.15) is 31.0 Å². The number of aromatic nitrogens is 2. The van der Waals surface area contributed by atoms with Crippen LogP contribution in [-0.2, 0) is 12.8 Å². The molecule has 0 aromatic carbocycles. The molecule has 0 spiro atoms. The summed E-state index contributed by atoms with van der Waals surface area (Å²) in [6.45, 7) is 4.23. The van der Waals surface area contributed by atoms with Crippen LogP contribution in [0.25, 0.3) is 0 Å². The van der Waals surface area contributed by atoms with Crippen LogP contribution in [0.3, 0.4) is 0 Å². The summed E-state index contributed by atoms with van der Waals surface area (Å²) >= 11 is 8.05. The molecule has 80 valence electrons. The van der Waals surface area contributed by atoms with Gasteiger partial charge in [-0.05, 0) is 19.1 Å². The average molecular weight is 233 g/mol. The van der Waals surface area contributed by atoms with E-state index >= 15 is 0 Å². The molecule has 14 heavy (non-hydrogen) atoms. The molecule has 0 unspecified atom stereocenters. The second-order valence-electron chi connectivity index (χ2n) is 3.38. The maximum atomic E-state index is 6.11. The van der Waals surface area contributed by atoms with E-state index in [1.165, 1.54) is 24.2 Å². The maximum absolute atomic E-state index is 6.11. The third-order valence-corrected chi connectivity index (χ3v) is 3.70. The van der Waals surface area contributed by atoms with Crippen LogP contribution < -0.4 is 0 Å². The number of unbranched alkanes of at least 4 members (excludes halogenated alkanes) is 1. The number of aryl methyl sites for hydroxylation is 2. The van der Waals surface area contributed by atoms with E-state index < -0.39 is 0 Å². The van der Waals surface area contributed by atoms with Crippen LogP contribution in [0.5, 0.6) is 0 Å².